The molecule has 0 unspecified atom stereocenters. The molecule has 0 aromatic heterocycles. The van der Waals surface area contributed by atoms with Crippen molar-refractivity contribution in [3.63, 3.8) is 0 Å². The van der Waals surface area contributed by atoms with Crippen LogP contribution in [0.25, 0.3) is 0 Å². The number of halogens is 1. The molecule has 0 aliphatic carbocycles. The van der Waals surface area contributed by atoms with E-state index in [9.17, 15) is 9.59 Å². The van der Waals surface area contributed by atoms with Crippen LogP contribution >= 0.6 is 11.6 Å². The summed E-state index contributed by atoms with van der Waals surface area (Å²) in [6, 6.07) is 4.81. The van der Waals surface area contributed by atoms with Gasteiger partial charge < -0.3 is 4.74 Å². The summed E-state index contributed by atoms with van der Waals surface area (Å²) in [6.07, 6.45) is 0.210. The third-order valence-electron chi connectivity index (χ3n) is 1.92. The lowest BCUT2D eigenvalue weighted by Crippen LogP contribution is -2.08. The second-order valence-corrected chi connectivity index (χ2v) is 3.61. The standard InChI is InChI=1S/C11H11ClO3/c1-7(13)5-8-3-4-9(12)6-10(8)11(14)15-2/h3-4,6H,5H2,1-2H3. The minimum absolute atomic E-state index is 0.0116. The molecule has 1 aromatic rings. The monoisotopic (exact) mass is 226 g/mol. The Morgan fingerprint density at radius 2 is 2.07 bits per heavy atom. The molecule has 0 saturated carbocycles. The molecule has 15 heavy (non-hydrogen) atoms. The molecule has 0 heterocycles. The highest BCUT2D eigenvalue weighted by molar-refractivity contribution is 6.31. The smallest absolute Gasteiger partial charge is 0.338 e. The van der Waals surface area contributed by atoms with E-state index in [-0.39, 0.29) is 12.2 Å². The van der Waals surface area contributed by atoms with Crippen molar-refractivity contribution in [2.45, 2.75) is 13.3 Å². The topological polar surface area (TPSA) is 43.4 Å². The van der Waals surface area contributed by atoms with Gasteiger partial charge in [0.15, 0.2) is 0 Å². The van der Waals surface area contributed by atoms with E-state index in [1.165, 1.54) is 20.1 Å². The summed E-state index contributed by atoms with van der Waals surface area (Å²) < 4.78 is 4.60. The molecule has 4 heteroatoms. The van der Waals surface area contributed by atoms with Gasteiger partial charge in [-0.3, -0.25) is 4.79 Å². The maximum absolute atomic E-state index is 11.4. The van der Waals surface area contributed by atoms with E-state index in [1.54, 1.807) is 12.1 Å². The molecule has 0 saturated heterocycles. The Hall–Kier alpha value is -1.35. The van der Waals surface area contributed by atoms with Gasteiger partial charge in [0.25, 0.3) is 0 Å². The van der Waals surface area contributed by atoms with Crippen molar-refractivity contribution < 1.29 is 14.3 Å². The van der Waals surface area contributed by atoms with E-state index in [2.05, 4.69) is 4.74 Å². The highest BCUT2D eigenvalue weighted by atomic mass is 35.5. The van der Waals surface area contributed by atoms with Crippen molar-refractivity contribution in [1.29, 1.82) is 0 Å². The lowest BCUT2D eigenvalue weighted by molar-refractivity contribution is -0.116. The van der Waals surface area contributed by atoms with Crippen LogP contribution in [0.5, 0.6) is 0 Å². The first-order valence-electron chi connectivity index (χ1n) is 4.40. The summed E-state index contributed by atoms with van der Waals surface area (Å²) in [5.74, 6) is -0.490. The van der Waals surface area contributed by atoms with E-state index in [0.29, 0.717) is 16.1 Å². The summed E-state index contributed by atoms with van der Waals surface area (Å²) in [4.78, 5) is 22.4. The molecule has 0 spiro atoms. The van der Waals surface area contributed by atoms with Crippen LogP contribution in [-0.2, 0) is 16.0 Å². The number of rotatable bonds is 3. The van der Waals surface area contributed by atoms with Gasteiger partial charge >= 0.3 is 5.97 Å². The lowest BCUT2D eigenvalue weighted by atomic mass is 10.0. The van der Waals surface area contributed by atoms with Gasteiger partial charge in [0.1, 0.15) is 5.78 Å². The van der Waals surface area contributed by atoms with Gasteiger partial charge in [-0.05, 0) is 24.6 Å². The van der Waals surface area contributed by atoms with Gasteiger partial charge in [0.05, 0.1) is 12.7 Å². The number of esters is 1. The van der Waals surface area contributed by atoms with Crippen molar-refractivity contribution >= 4 is 23.4 Å². The van der Waals surface area contributed by atoms with Crippen molar-refractivity contribution in [2.75, 3.05) is 7.11 Å². The van der Waals surface area contributed by atoms with Crippen molar-refractivity contribution in [2.24, 2.45) is 0 Å². The van der Waals surface area contributed by atoms with Crippen LogP contribution < -0.4 is 0 Å². The average molecular weight is 227 g/mol. The Labute approximate surface area is 93.0 Å². The molecular formula is C11H11ClO3. The zero-order chi connectivity index (χ0) is 11.4. The molecule has 0 aliphatic heterocycles. The molecule has 0 N–H and O–H groups in total. The number of carbonyl (C=O) groups excluding carboxylic acids is 2. The number of ketones is 1. The Morgan fingerprint density at radius 3 is 2.60 bits per heavy atom. The molecule has 0 aliphatic rings. The van der Waals surface area contributed by atoms with Gasteiger partial charge in [-0.2, -0.15) is 0 Å². The fourth-order valence-electron chi connectivity index (χ4n) is 1.27. The van der Waals surface area contributed by atoms with Gasteiger partial charge in [-0.15, -0.1) is 0 Å². The normalized spacial score (nSPS) is 9.80. The Kier molecular flexibility index (Phi) is 3.86. The minimum atomic E-state index is -0.478. The number of Topliss-reactive ketones (excluding diaryl/α,β-unsaturated/α-hetero) is 1. The largest absolute Gasteiger partial charge is 0.465 e. The Morgan fingerprint density at radius 1 is 1.40 bits per heavy atom. The molecule has 1 rings (SSSR count). The van der Waals surface area contributed by atoms with Crippen LogP contribution in [0.2, 0.25) is 5.02 Å². The molecule has 1 aromatic carbocycles. The van der Waals surface area contributed by atoms with E-state index in [0.717, 1.165) is 0 Å². The van der Waals surface area contributed by atoms with Crippen molar-refractivity contribution in [1.82, 2.24) is 0 Å². The molecule has 0 atom stereocenters. The van der Waals surface area contributed by atoms with E-state index in [1.807, 2.05) is 0 Å². The predicted molar refractivity (Wildman–Crippen MR) is 57.2 cm³/mol. The summed E-state index contributed by atoms with van der Waals surface area (Å²) in [5, 5.41) is 0.447. The first kappa shape index (κ1) is 11.7. The summed E-state index contributed by atoms with van der Waals surface area (Å²) in [7, 11) is 1.29. The van der Waals surface area contributed by atoms with Crippen LogP contribution in [0, 0.1) is 0 Å². The second kappa shape index (κ2) is 4.94. The first-order valence-corrected chi connectivity index (χ1v) is 4.78. The van der Waals surface area contributed by atoms with Crippen LogP contribution in [0.1, 0.15) is 22.8 Å². The first-order chi connectivity index (χ1) is 7.04. The lowest BCUT2D eigenvalue weighted by Gasteiger charge is -2.06. The Balaban J connectivity index is 3.14. The van der Waals surface area contributed by atoms with Crippen molar-refractivity contribution in [3.05, 3.63) is 34.3 Å². The maximum atomic E-state index is 11.4. The summed E-state index contributed by atoms with van der Waals surface area (Å²) >= 11 is 5.76. The Bertz CT molecular complexity index is 399. The second-order valence-electron chi connectivity index (χ2n) is 3.17. The molecule has 0 bridgehead atoms. The fourth-order valence-corrected chi connectivity index (χ4v) is 1.44. The number of hydrogen-bond donors (Lipinski definition) is 0. The zero-order valence-corrected chi connectivity index (χ0v) is 9.30. The SMILES string of the molecule is COC(=O)c1cc(Cl)ccc1CC(C)=O. The molecule has 0 fully saturated rings. The van der Waals surface area contributed by atoms with Gasteiger partial charge in [0, 0.05) is 11.4 Å². The zero-order valence-electron chi connectivity index (χ0n) is 8.54. The number of carbonyl (C=O) groups is 2. The molecule has 0 amide bonds. The van der Waals surface area contributed by atoms with Crippen LogP contribution in [0.4, 0.5) is 0 Å². The van der Waals surface area contributed by atoms with Crippen molar-refractivity contribution in [3.8, 4) is 0 Å². The highest BCUT2D eigenvalue weighted by Gasteiger charge is 2.13. The van der Waals surface area contributed by atoms with E-state index < -0.39 is 5.97 Å². The summed E-state index contributed by atoms with van der Waals surface area (Å²) in [6.45, 7) is 1.47. The summed E-state index contributed by atoms with van der Waals surface area (Å²) in [5.41, 5.74) is 0.985. The molecular weight excluding hydrogens is 216 g/mol. The van der Waals surface area contributed by atoms with E-state index in [4.69, 9.17) is 11.6 Å². The van der Waals surface area contributed by atoms with Crippen LogP contribution in [-0.4, -0.2) is 18.9 Å². The third kappa shape index (κ3) is 3.06. The molecule has 0 radical (unpaired) electrons. The van der Waals surface area contributed by atoms with Gasteiger partial charge in [-0.25, -0.2) is 4.79 Å². The van der Waals surface area contributed by atoms with Gasteiger partial charge in [-0.1, -0.05) is 17.7 Å². The quantitative estimate of drug-likeness (QED) is 0.743. The predicted octanol–water partition coefficient (Wildman–Crippen LogP) is 2.26. The molecule has 3 nitrogen and oxygen atoms in total. The van der Waals surface area contributed by atoms with E-state index >= 15 is 0 Å². The third-order valence-corrected chi connectivity index (χ3v) is 2.15. The fraction of sp³-hybridized carbons (Fsp3) is 0.273. The van der Waals surface area contributed by atoms with Gasteiger partial charge in [0.2, 0.25) is 0 Å². The van der Waals surface area contributed by atoms with Crippen LogP contribution in [0.3, 0.4) is 0 Å². The number of hydrogen-bond acceptors (Lipinski definition) is 3. The highest BCUT2D eigenvalue weighted by Crippen LogP contribution is 2.17. The number of ether oxygens (including phenoxy) is 1. The average Bonchev–Trinajstić information content (AvgIpc) is 2.19. The number of methoxy groups -OCH3 is 1. The van der Waals surface area contributed by atoms with Crippen LogP contribution in [0.15, 0.2) is 18.2 Å². The minimum Gasteiger partial charge on any atom is -0.465 e. The number of benzene rings is 1. The molecule has 80 valence electrons. The maximum Gasteiger partial charge on any atom is 0.338 e.